The minimum Gasteiger partial charge on any atom is -0.376 e. The fraction of sp³-hybridized carbons (Fsp3) is 0.357. The monoisotopic (exact) mass is 288 g/mol. The zero-order chi connectivity index (χ0) is 14.7. The summed E-state index contributed by atoms with van der Waals surface area (Å²) < 4.78 is 5.70. The molecule has 3 rings (SSSR count). The van der Waals surface area contributed by atoms with Crippen molar-refractivity contribution in [2.45, 2.75) is 18.4 Å². The molecule has 0 radical (unpaired) electrons. The summed E-state index contributed by atoms with van der Waals surface area (Å²) in [4.78, 5) is 24.9. The first-order chi connectivity index (χ1) is 10.2. The Bertz CT molecular complexity index is 664. The quantitative estimate of drug-likeness (QED) is 0.758. The third-order valence-corrected chi connectivity index (χ3v) is 3.56. The number of carbonyl (C=O) groups is 1. The molecule has 0 bridgehead atoms. The summed E-state index contributed by atoms with van der Waals surface area (Å²) in [5.41, 5.74) is 0.754. The molecule has 3 N–H and O–H groups in total. The number of hydrogen-bond donors (Lipinski definition) is 3. The minimum atomic E-state index is -0.499. The maximum Gasteiger partial charge on any atom is 0.341 e. The maximum atomic E-state index is 11.7. The molecule has 2 heterocycles. The van der Waals surface area contributed by atoms with Crippen molar-refractivity contribution in [1.82, 2.24) is 20.5 Å². The van der Waals surface area contributed by atoms with E-state index in [1.54, 1.807) is 0 Å². The number of nitrogens with one attached hydrogen (secondary N) is 3. The average Bonchev–Trinajstić information content (AvgIpc) is 3.15. The third-order valence-electron chi connectivity index (χ3n) is 3.56. The van der Waals surface area contributed by atoms with Crippen molar-refractivity contribution < 1.29 is 9.53 Å². The van der Waals surface area contributed by atoms with E-state index in [4.69, 9.17) is 4.74 Å². The molecular formula is C14H16N4O3. The van der Waals surface area contributed by atoms with Gasteiger partial charge in [0.2, 0.25) is 5.82 Å². The molecule has 1 fully saturated rings. The Morgan fingerprint density at radius 2 is 2.19 bits per heavy atom. The fourth-order valence-electron chi connectivity index (χ4n) is 2.47. The molecule has 7 heteroatoms. The number of amides is 1. The molecule has 1 saturated heterocycles. The minimum absolute atomic E-state index is 0.0161. The number of ether oxygens (including phenoxy) is 1. The second-order valence-corrected chi connectivity index (χ2v) is 5.04. The van der Waals surface area contributed by atoms with Crippen molar-refractivity contribution in [3.8, 4) is 0 Å². The summed E-state index contributed by atoms with van der Waals surface area (Å²) in [5, 5.41) is 8.44. The van der Waals surface area contributed by atoms with Crippen LogP contribution in [-0.4, -0.2) is 40.3 Å². The Labute approximate surface area is 120 Å². The Morgan fingerprint density at radius 3 is 2.90 bits per heavy atom. The summed E-state index contributed by atoms with van der Waals surface area (Å²) in [6, 6.07) is 10.2. The van der Waals surface area contributed by atoms with Crippen LogP contribution < -0.4 is 11.0 Å². The molecule has 2 aromatic rings. The van der Waals surface area contributed by atoms with Crippen LogP contribution in [0.5, 0.6) is 0 Å². The van der Waals surface area contributed by atoms with E-state index in [1.807, 2.05) is 18.2 Å². The molecule has 0 aliphatic carbocycles. The molecule has 1 aliphatic rings. The van der Waals surface area contributed by atoms with Gasteiger partial charge in [0.15, 0.2) is 0 Å². The number of benzene rings is 1. The van der Waals surface area contributed by atoms with E-state index < -0.39 is 11.6 Å². The second kappa shape index (κ2) is 5.92. The van der Waals surface area contributed by atoms with Crippen LogP contribution in [0.25, 0.3) is 0 Å². The van der Waals surface area contributed by atoms with Gasteiger partial charge < -0.3 is 10.1 Å². The van der Waals surface area contributed by atoms with Gasteiger partial charge in [0.05, 0.1) is 12.7 Å². The zero-order valence-electron chi connectivity index (χ0n) is 11.3. The van der Waals surface area contributed by atoms with Gasteiger partial charge in [0.25, 0.3) is 5.91 Å². The van der Waals surface area contributed by atoms with E-state index in [-0.39, 0.29) is 11.9 Å². The number of nitrogens with zero attached hydrogens (tertiary/aromatic N) is 1. The van der Waals surface area contributed by atoms with E-state index in [9.17, 15) is 9.59 Å². The number of aromatic nitrogens is 3. The maximum absolute atomic E-state index is 11.7. The highest BCUT2D eigenvalue weighted by atomic mass is 16.5. The number of aromatic amines is 2. The summed E-state index contributed by atoms with van der Waals surface area (Å²) >= 11 is 0. The average molecular weight is 288 g/mol. The van der Waals surface area contributed by atoms with Gasteiger partial charge in [-0.2, -0.15) is 0 Å². The van der Waals surface area contributed by atoms with Crippen molar-refractivity contribution in [2.75, 3.05) is 13.2 Å². The van der Waals surface area contributed by atoms with Crippen LogP contribution in [-0.2, 0) is 4.74 Å². The summed E-state index contributed by atoms with van der Waals surface area (Å²) in [5.74, 6) is -0.0731. The molecule has 1 aromatic heterocycles. The topological polar surface area (TPSA) is 99.9 Å². The molecule has 2 atom stereocenters. The number of rotatable bonds is 4. The lowest BCUT2D eigenvalue weighted by Gasteiger charge is -2.10. The molecule has 1 aliphatic heterocycles. The largest absolute Gasteiger partial charge is 0.376 e. The highest BCUT2D eigenvalue weighted by molar-refractivity contribution is 5.90. The zero-order valence-corrected chi connectivity index (χ0v) is 11.3. The van der Waals surface area contributed by atoms with Gasteiger partial charge in [-0.3, -0.25) is 9.78 Å². The van der Waals surface area contributed by atoms with E-state index in [0.717, 1.165) is 6.42 Å². The number of H-pyrrole nitrogens is 2. The number of hydrogen-bond acceptors (Lipinski definition) is 4. The summed E-state index contributed by atoms with van der Waals surface area (Å²) in [7, 11) is 0. The summed E-state index contributed by atoms with van der Waals surface area (Å²) in [6.07, 6.45) is 0.839. The molecule has 110 valence electrons. The normalized spacial score (nSPS) is 21.3. The van der Waals surface area contributed by atoms with Crippen molar-refractivity contribution in [3.63, 3.8) is 0 Å². The Hall–Kier alpha value is -2.41. The lowest BCUT2D eigenvalue weighted by molar-refractivity contribution is 0.0846. The smallest absolute Gasteiger partial charge is 0.341 e. The predicted molar refractivity (Wildman–Crippen MR) is 75.1 cm³/mol. The molecule has 7 nitrogen and oxygen atoms in total. The third kappa shape index (κ3) is 3.19. The van der Waals surface area contributed by atoms with Crippen LogP contribution in [0.3, 0.4) is 0 Å². The lowest BCUT2D eigenvalue weighted by Crippen LogP contribution is -2.32. The van der Waals surface area contributed by atoms with Crippen molar-refractivity contribution in [1.29, 1.82) is 0 Å². The first kappa shape index (κ1) is 13.6. The van der Waals surface area contributed by atoms with Crippen LogP contribution in [0.2, 0.25) is 0 Å². The van der Waals surface area contributed by atoms with Crippen LogP contribution >= 0.6 is 0 Å². The molecular weight excluding hydrogens is 272 g/mol. The first-order valence-electron chi connectivity index (χ1n) is 6.82. The fourth-order valence-corrected chi connectivity index (χ4v) is 2.47. The molecule has 0 unspecified atom stereocenters. The van der Waals surface area contributed by atoms with Crippen LogP contribution in [0.4, 0.5) is 0 Å². The van der Waals surface area contributed by atoms with Crippen LogP contribution in [0.1, 0.15) is 28.5 Å². The Kier molecular flexibility index (Phi) is 3.83. The van der Waals surface area contributed by atoms with Gasteiger partial charge in [-0.15, -0.1) is 5.10 Å². The van der Waals surface area contributed by atoms with Crippen molar-refractivity contribution >= 4 is 5.91 Å². The van der Waals surface area contributed by atoms with Gasteiger partial charge in [-0.1, -0.05) is 30.3 Å². The van der Waals surface area contributed by atoms with Gasteiger partial charge in [-0.25, -0.2) is 9.89 Å². The van der Waals surface area contributed by atoms with Crippen molar-refractivity contribution in [3.05, 3.63) is 52.2 Å². The number of carbonyl (C=O) groups excluding carboxylic acids is 1. The Balaban J connectivity index is 1.51. The SMILES string of the molecule is O=C(NC[C@@H]1C[C@H](c2ccccc2)CO1)c1n[nH]c(=O)[nH]1. The van der Waals surface area contributed by atoms with E-state index in [1.165, 1.54) is 5.56 Å². The van der Waals surface area contributed by atoms with Gasteiger partial charge in [0.1, 0.15) is 0 Å². The van der Waals surface area contributed by atoms with Gasteiger partial charge in [-0.05, 0) is 12.0 Å². The van der Waals surface area contributed by atoms with E-state index in [0.29, 0.717) is 19.1 Å². The standard InChI is InChI=1S/C14H16N4O3/c19-13(12-16-14(20)18-17-12)15-7-11-6-10(8-21-11)9-4-2-1-3-5-9/h1-5,10-11H,6-8H2,(H,15,19)(H2,16,17,18,20)/t10-,11-/m0/s1. The van der Waals surface area contributed by atoms with Gasteiger partial charge in [0, 0.05) is 12.5 Å². The first-order valence-corrected chi connectivity index (χ1v) is 6.82. The molecule has 1 aromatic carbocycles. The molecule has 0 spiro atoms. The Morgan fingerprint density at radius 1 is 1.38 bits per heavy atom. The predicted octanol–water partition coefficient (Wildman–Crippen LogP) is 0.400. The van der Waals surface area contributed by atoms with E-state index >= 15 is 0 Å². The van der Waals surface area contributed by atoms with Crippen molar-refractivity contribution in [2.24, 2.45) is 0 Å². The molecule has 1 amide bonds. The summed E-state index contributed by atoms with van der Waals surface area (Å²) in [6.45, 7) is 1.06. The lowest BCUT2D eigenvalue weighted by atomic mass is 9.96. The molecule has 0 saturated carbocycles. The van der Waals surface area contributed by atoms with Crippen LogP contribution in [0, 0.1) is 0 Å². The van der Waals surface area contributed by atoms with E-state index in [2.05, 4.69) is 32.6 Å². The van der Waals surface area contributed by atoms with Gasteiger partial charge >= 0.3 is 5.69 Å². The highest BCUT2D eigenvalue weighted by Gasteiger charge is 2.27. The highest BCUT2D eigenvalue weighted by Crippen LogP contribution is 2.28. The second-order valence-electron chi connectivity index (χ2n) is 5.04. The molecule has 21 heavy (non-hydrogen) atoms. The van der Waals surface area contributed by atoms with Crippen LogP contribution in [0.15, 0.2) is 35.1 Å².